The van der Waals surface area contributed by atoms with E-state index in [2.05, 4.69) is 12.2 Å². The molecule has 0 spiro atoms. The second-order valence-electron chi connectivity index (χ2n) is 4.99. The predicted molar refractivity (Wildman–Crippen MR) is 83.4 cm³/mol. The van der Waals surface area contributed by atoms with Gasteiger partial charge in [-0.15, -0.1) is 0 Å². The van der Waals surface area contributed by atoms with Crippen molar-refractivity contribution in [1.29, 1.82) is 0 Å². The first-order valence-corrected chi connectivity index (χ1v) is 7.37. The first-order chi connectivity index (χ1) is 10.1. The first-order valence-electron chi connectivity index (χ1n) is 7.37. The van der Waals surface area contributed by atoms with Gasteiger partial charge in [-0.3, -0.25) is 9.59 Å². The summed E-state index contributed by atoms with van der Waals surface area (Å²) in [5, 5.41) is 11.8. The third kappa shape index (κ3) is 5.85. The number of hydrogen-bond donors (Lipinski definition) is 2. The second-order valence-corrected chi connectivity index (χ2v) is 4.99. The lowest BCUT2D eigenvalue weighted by Crippen LogP contribution is -2.46. The van der Waals surface area contributed by atoms with Gasteiger partial charge < -0.3 is 15.3 Å². The number of benzene rings is 1. The van der Waals surface area contributed by atoms with E-state index in [1.807, 2.05) is 35.2 Å². The molecule has 5 nitrogen and oxygen atoms in total. The van der Waals surface area contributed by atoms with Crippen LogP contribution >= 0.6 is 0 Å². The number of hydrogen-bond acceptors (Lipinski definition) is 3. The topological polar surface area (TPSA) is 69.6 Å². The summed E-state index contributed by atoms with van der Waals surface area (Å²) < 4.78 is 0. The highest BCUT2D eigenvalue weighted by Crippen LogP contribution is 2.17. The summed E-state index contributed by atoms with van der Waals surface area (Å²) in [6, 6.07) is 9.03. The van der Waals surface area contributed by atoms with E-state index >= 15 is 0 Å². The highest BCUT2D eigenvalue weighted by Gasteiger charge is 2.21. The van der Waals surface area contributed by atoms with Gasteiger partial charge in [0.2, 0.25) is 5.91 Å². The Hall–Kier alpha value is -2.04. The molecule has 0 bridgehead atoms. The molecule has 1 amide bonds. The number of anilines is 1. The zero-order valence-electron chi connectivity index (χ0n) is 12.7. The Labute approximate surface area is 126 Å². The molecule has 1 atom stereocenters. The number of carboxylic acids is 1. The minimum Gasteiger partial charge on any atom is -0.481 e. The van der Waals surface area contributed by atoms with Crippen molar-refractivity contribution in [2.45, 2.75) is 39.2 Å². The molecular formula is C16H24N2O3. The number of carbonyl (C=O) groups is 2. The summed E-state index contributed by atoms with van der Waals surface area (Å²) in [6.07, 6.45) is 1.97. The van der Waals surface area contributed by atoms with Gasteiger partial charge in [0.25, 0.3) is 0 Å². The molecule has 1 unspecified atom stereocenters. The summed E-state index contributed by atoms with van der Waals surface area (Å²) in [4.78, 5) is 24.8. The van der Waals surface area contributed by atoms with Gasteiger partial charge in [-0.05, 0) is 25.5 Å². The monoisotopic (exact) mass is 292 g/mol. The molecule has 0 fully saturated rings. The number of rotatable bonds is 9. The molecule has 0 aliphatic carbocycles. The normalized spacial score (nSPS) is 11.7. The molecule has 2 N–H and O–H groups in total. The highest BCUT2D eigenvalue weighted by molar-refractivity contribution is 5.85. The van der Waals surface area contributed by atoms with E-state index in [1.165, 1.54) is 0 Å². The maximum atomic E-state index is 12.2. The quantitative estimate of drug-likeness (QED) is 0.685. The number of amides is 1. The molecule has 0 heterocycles. The number of unbranched alkanes of at least 4 members (excludes halogenated alkanes) is 1. The van der Waals surface area contributed by atoms with Gasteiger partial charge in [0.05, 0.1) is 6.42 Å². The van der Waals surface area contributed by atoms with Crippen LogP contribution in [0.3, 0.4) is 0 Å². The maximum Gasteiger partial charge on any atom is 0.305 e. The Morgan fingerprint density at radius 2 is 1.95 bits per heavy atom. The summed E-state index contributed by atoms with van der Waals surface area (Å²) in [6.45, 7) is 4.83. The summed E-state index contributed by atoms with van der Waals surface area (Å²) >= 11 is 0. The highest BCUT2D eigenvalue weighted by atomic mass is 16.4. The molecule has 116 valence electrons. The SMILES string of the molecule is CCCCNC(=O)C(C)N(CCC(=O)O)c1ccccc1. The van der Waals surface area contributed by atoms with Crippen LogP contribution in [0.4, 0.5) is 5.69 Å². The molecule has 21 heavy (non-hydrogen) atoms. The fourth-order valence-electron chi connectivity index (χ4n) is 2.06. The van der Waals surface area contributed by atoms with Crippen LogP contribution in [0.5, 0.6) is 0 Å². The van der Waals surface area contributed by atoms with Gasteiger partial charge in [-0.25, -0.2) is 0 Å². The fraction of sp³-hybridized carbons (Fsp3) is 0.500. The largest absolute Gasteiger partial charge is 0.481 e. The van der Waals surface area contributed by atoms with Crippen molar-refractivity contribution in [1.82, 2.24) is 5.32 Å². The van der Waals surface area contributed by atoms with Crippen molar-refractivity contribution >= 4 is 17.6 Å². The van der Waals surface area contributed by atoms with Crippen LogP contribution in [0, 0.1) is 0 Å². The van der Waals surface area contributed by atoms with Crippen LogP contribution < -0.4 is 10.2 Å². The van der Waals surface area contributed by atoms with E-state index in [4.69, 9.17) is 5.11 Å². The van der Waals surface area contributed by atoms with Crippen LogP contribution in [0.2, 0.25) is 0 Å². The number of para-hydroxylation sites is 1. The average molecular weight is 292 g/mol. The molecule has 1 aromatic carbocycles. The lowest BCUT2D eigenvalue weighted by Gasteiger charge is -2.30. The van der Waals surface area contributed by atoms with E-state index in [0.29, 0.717) is 13.1 Å². The molecule has 0 saturated carbocycles. The molecule has 1 rings (SSSR count). The van der Waals surface area contributed by atoms with E-state index in [1.54, 1.807) is 6.92 Å². The third-order valence-electron chi connectivity index (χ3n) is 3.33. The Balaban J connectivity index is 2.75. The molecule has 0 aromatic heterocycles. The lowest BCUT2D eigenvalue weighted by molar-refractivity contribution is -0.137. The Kier molecular flexibility index (Phi) is 7.29. The van der Waals surface area contributed by atoms with E-state index in [0.717, 1.165) is 18.5 Å². The zero-order valence-corrected chi connectivity index (χ0v) is 12.7. The summed E-state index contributed by atoms with van der Waals surface area (Å²) in [5.41, 5.74) is 0.858. The lowest BCUT2D eigenvalue weighted by atomic mass is 10.2. The van der Waals surface area contributed by atoms with Crippen LogP contribution in [-0.2, 0) is 9.59 Å². The zero-order chi connectivity index (χ0) is 15.7. The first kappa shape index (κ1) is 17.0. The Morgan fingerprint density at radius 1 is 1.29 bits per heavy atom. The van der Waals surface area contributed by atoms with E-state index in [9.17, 15) is 9.59 Å². The number of aliphatic carboxylic acids is 1. The minimum absolute atomic E-state index is 0.00146. The van der Waals surface area contributed by atoms with E-state index < -0.39 is 12.0 Å². The number of carbonyl (C=O) groups excluding carboxylic acids is 1. The molecule has 0 aliphatic rings. The molecule has 0 aliphatic heterocycles. The van der Waals surface area contributed by atoms with Crippen molar-refractivity contribution in [3.8, 4) is 0 Å². The van der Waals surface area contributed by atoms with Gasteiger partial charge in [0, 0.05) is 18.8 Å². The van der Waals surface area contributed by atoms with Crippen LogP contribution in [-0.4, -0.2) is 36.1 Å². The number of carboxylic acid groups (broad SMARTS) is 1. The molecule has 1 aromatic rings. The predicted octanol–water partition coefficient (Wildman–Crippen LogP) is 2.27. The van der Waals surface area contributed by atoms with Crippen molar-refractivity contribution in [2.75, 3.05) is 18.0 Å². The minimum atomic E-state index is -0.866. The second kappa shape index (κ2) is 9.00. The molecule has 5 heteroatoms. The van der Waals surface area contributed by atoms with Gasteiger partial charge in [0.1, 0.15) is 6.04 Å². The number of nitrogens with zero attached hydrogens (tertiary/aromatic N) is 1. The van der Waals surface area contributed by atoms with Gasteiger partial charge in [-0.2, -0.15) is 0 Å². The standard InChI is InChI=1S/C16H24N2O3/c1-3-4-11-17-16(21)13(2)18(12-10-15(19)20)14-8-6-5-7-9-14/h5-9,13H,3-4,10-12H2,1-2H3,(H,17,21)(H,19,20). The molecule has 0 radical (unpaired) electrons. The summed E-state index contributed by atoms with van der Waals surface area (Å²) in [5.74, 6) is -0.938. The average Bonchev–Trinajstić information content (AvgIpc) is 2.48. The van der Waals surface area contributed by atoms with Gasteiger partial charge >= 0.3 is 5.97 Å². The van der Waals surface area contributed by atoms with Gasteiger partial charge in [0.15, 0.2) is 0 Å². The van der Waals surface area contributed by atoms with Crippen molar-refractivity contribution in [3.05, 3.63) is 30.3 Å². The van der Waals surface area contributed by atoms with Crippen LogP contribution in [0.15, 0.2) is 30.3 Å². The maximum absolute atomic E-state index is 12.2. The summed E-state index contributed by atoms with van der Waals surface area (Å²) in [7, 11) is 0. The fourth-order valence-corrected chi connectivity index (χ4v) is 2.06. The smallest absolute Gasteiger partial charge is 0.305 e. The molecular weight excluding hydrogens is 268 g/mol. The van der Waals surface area contributed by atoms with E-state index in [-0.39, 0.29) is 12.3 Å². The van der Waals surface area contributed by atoms with Crippen molar-refractivity contribution in [3.63, 3.8) is 0 Å². The van der Waals surface area contributed by atoms with Gasteiger partial charge in [-0.1, -0.05) is 31.5 Å². The van der Waals surface area contributed by atoms with Crippen molar-refractivity contribution < 1.29 is 14.7 Å². The van der Waals surface area contributed by atoms with Crippen LogP contribution in [0.25, 0.3) is 0 Å². The molecule has 0 saturated heterocycles. The Bertz CT molecular complexity index is 448. The Morgan fingerprint density at radius 3 is 2.52 bits per heavy atom. The number of nitrogens with one attached hydrogen (secondary N) is 1. The van der Waals surface area contributed by atoms with Crippen molar-refractivity contribution in [2.24, 2.45) is 0 Å². The van der Waals surface area contributed by atoms with Crippen LogP contribution in [0.1, 0.15) is 33.1 Å². The third-order valence-corrected chi connectivity index (χ3v) is 3.33.